The molecule has 1 fully saturated rings. The zero-order chi connectivity index (χ0) is 11.3. The van der Waals surface area contributed by atoms with Gasteiger partial charge in [-0.25, -0.2) is 0 Å². The Morgan fingerprint density at radius 1 is 1.33 bits per heavy atom. The van der Waals surface area contributed by atoms with E-state index in [1.807, 2.05) is 0 Å². The normalized spacial score (nSPS) is 20.6. The summed E-state index contributed by atoms with van der Waals surface area (Å²) in [6.45, 7) is 9.25. The van der Waals surface area contributed by atoms with Crippen LogP contribution in [0.25, 0.3) is 0 Å². The van der Waals surface area contributed by atoms with E-state index in [9.17, 15) is 0 Å². The van der Waals surface area contributed by atoms with Crippen LogP contribution in [0.15, 0.2) is 0 Å². The summed E-state index contributed by atoms with van der Waals surface area (Å²) in [5.41, 5.74) is 0. The lowest BCUT2D eigenvalue weighted by Gasteiger charge is -2.29. The second-order valence-electron chi connectivity index (χ2n) is 5.08. The van der Waals surface area contributed by atoms with Gasteiger partial charge in [0.1, 0.15) is 0 Å². The Balaban J connectivity index is 2.22. The molecule has 0 bridgehead atoms. The molecule has 1 aliphatic carbocycles. The molecular formula is C13H28N2. The molecule has 0 radical (unpaired) electrons. The van der Waals surface area contributed by atoms with Gasteiger partial charge < -0.3 is 10.2 Å². The third-order valence-corrected chi connectivity index (χ3v) is 3.68. The van der Waals surface area contributed by atoms with Gasteiger partial charge in [-0.3, -0.25) is 0 Å². The fraction of sp³-hybridized carbons (Fsp3) is 1.00. The number of nitrogens with zero attached hydrogens (tertiary/aromatic N) is 1. The van der Waals surface area contributed by atoms with Crippen molar-refractivity contribution in [1.29, 1.82) is 0 Å². The molecule has 0 spiro atoms. The van der Waals surface area contributed by atoms with Crippen LogP contribution in [0.4, 0.5) is 0 Å². The van der Waals surface area contributed by atoms with Gasteiger partial charge in [0.05, 0.1) is 0 Å². The fourth-order valence-corrected chi connectivity index (χ4v) is 2.14. The van der Waals surface area contributed by atoms with Gasteiger partial charge in [0.15, 0.2) is 0 Å². The number of hydrogen-bond donors (Lipinski definition) is 1. The van der Waals surface area contributed by atoms with Crippen LogP contribution >= 0.6 is 0 Å². The molecule has 0 aromatic carbocycles. The molecule has 1 aliphatic rings. The largest absolute Gasteiger partial charge is 0.313 e. The van der Waals surface area contributed by atoms with E-state index in [0.717, 1.165) is 18.5 Å². The zero-order valence-corrected chi connectivity index (χ0v) is 10.9. The minimum atomic E-state index is 0.677. The molecule has 0 heterocycles. The molecule has 2 nitrogen and oxygen atoms in total. The van der Waals surface area contributed by atoms with E-state index in [1.54, 1.807) is 0 Å². The van der Waals surface area contributed by atoms with E-state index in [-0.39, 0.29) is 0 Å². The summed E-state index contributed by atoms with van der Waals surface area (Å²) < 4.78 is 0. The average Bonchev–Trinajstić information content (AvgIpc) is 3.06. The Labute approximate surface area is 95.4 Å². The highest BCUT2D eigenvalue weighted by Gasteiger charge is 2.30. The van der Waals surface area contributed by atoms with Crippen molar-refractivity contribution in [2.24, 2.45) is 5.92 Å². The maximum Gasteiger partial charge on any atom is 0.0192 e. The Hall–Kier alpha value is -0.0800. The van der Waals surface area contributed by atoms with Gasteiger partial charge in [0.2, 0.25) is 0 Å². The Morgan fingerprint density at radius 3 is 2.47 bits per heavy atom. The van der Waals surface area contributed by atoms with Gasteiger partial charge in [-0.05, 0) is 52.1 Å². The Morgan fingerprint density at radius 2 is 2.00 bits per heavy atom. The van der Waals surface area contributed by atoms with E-state index in [1.165, 1.54) is 32.2 Å². The number of nitrogens with one attached hydrogen (secondary N) is 1. The Bertz CT molecular complexity index is 166. The second kappa shape index (κ2) is 6.49. The van der Waals surface area contributed by atoms with E-state index in [4.69, 9.17) is 0 Å². The van der Waals surface area contributed by atoms with E-state index in [2.05, 4.69) is 38.0 Å². The SMILES string of the molecule is CCCNC(CC)CN(C)C(C)C1CC1. The summed E-state index contributed by atoms with van der Waals surface area (Å²) in [4.78, 5) is 2.54. The molecule has 1 saturated carbocycles. The van der Waals surface area contributed by atoms with Crippen molar-refractivity contribution in [2.45, 2.75) is 58.5 Å². The van der Waals surface area contributed by atoms with Crippen LogP contribution in [0.3, 0.4) is 0 Å². The third-order valence-electron chi connectivity index (χ3n) is 3.68. The molecule has 0 aliphatic heterocycles. The van der Waals surface area contributed by atoms with Gasteiger partial charge >= 0.3 is 0 Å². The van der Waals surface area contributed by atoms with E-state index >= 15 is 0 Å². The summed E-state index contributed by atoms with van der Waals surface area (Å²) >= 11 is 0. The second-order valence-corrected chi connectivity index (χ2v) is 5.08. The Kier molecular flexibility index (Phi) is 5.62. The van der Waals surface area contributed by atoms with Crippen molar-refractivity contribution in [2.75, 3.05) is 20.1 Å². The van der Waals surface area contributed by atoms with Crippen molar-refractivity contribution in [3.63, 3.8) is 0 Å². The lowest BCUT2D eigenvalue weighted by atomic mass is 10.1. The number of hydrogen-bond acceptors (Lipinski definition) is 2. The van der Waals surface area contributed by atoms with Gasteiger partial charge in [-0.1, -0.05) is 13.8 Å². The molecule has 1 rings (SSSR count). The lowest BCUT2D eigenvalue weighted by molar-refractivity contribution is 0.207. The first kappa shape index (κ1) is 13.0. The molecule has 2 heteroatoms. The molecule has 2 unspecified atom stereocenters. The molecule has 0 aromatic rings. The third kappa shape index (κ3) is 4.52. The molecule has 1 N–H and O–H groups in total. The van der Waals surface area contributed by atoms with Crippen LogP contribution in [-0.4, -0.2) is 37.1 Å². The van der Waals surface area contributed by atoms with Gasteiger partial charge in [0, 0.05) is 18.6 Å². The topological polar surface area (TPSA) is 15.3 Å². The summed E-state index contributed by atoms with van der Waals surface area (Å²) in [6, 6.07) is 1.46. The molecule has 0 aromatic heterocycles. The van der Waals surface area contributed by atoms with Crippen LogP contribution in [-0.2, 0) is 0 Å². The standard InChI is InChI=1S/C13H28N2/c1-5-9-14-13(6-2)10-15(4)11(3)12-7-8-12/h11-14H,5-10H2,1-4H3. The summed E-state index contributed by atoms with van der Waals surface area (Å²) in [5, 5.41) is 3.62. The van der Waals surface area contributed by atoms with Gasteiger partial charge in [-0.2, -0.15) is 0 Å². The maximum atomic E-state index is 3.62. The van der Waals surface area contributed by atoms with Crippen molar-refractivity contribution in [3.05, 3.63) is 0 Å². The minimum Gasteiger partial charge on any atom is -0.313 e. The summed E-state index contributed by atoms with van der Waals surface area (Å²) in [6.07, 6.45) is 5.37. The summed E-state index contributed by atoms with van der Waals surface area (Å²) in [5.74, 6) is 0.985. The molecule has 2 atom stereocenters. The molecule has 0 saturated heterocycles. The predicted molar refractivity (Wildman–Crippen MR) is 67.2 cm³/mol. The first-order valence-electron chi connectivity index (χ1n) is 6.62. The van der Waals surface area contributed by atoms with Gasteiger partial charge in [-0.15, -0.1) is 0 Å². The first-order chi connectivity index (χ1) is 7.19. The minimum absolute atomic E-state index is 0.677. The van der Waals surface area contributed by atoms with Crippen LogP contribution in [0.5, 0.6) is 0 Å². The smallest absolute Gasteiger partial charge is 0.0192 e. The monoisotopic (exact) mass is 212 g/mol. The van der Waals surface area contributed by atoms with Crippen LogP contribution in [0.1, 0.15) is 46.5 Å². The van der Waals surface area contributed by atoms with Crippen LogP contribution in [0, 0.1) is 5.92 Å². The average molecular weight is 212 g/mol. The fourth-order valence-electron chi connectivity index (χ4n) is 2.14. The predicted octanol–water partition coefficient (Wildman–Crippen LogP) is 2.49. The van der Waals surface area contributed by atoms with E-state index < -0.39 is 0 Å². The maximum absolute atomic E-state index is 3.62. The quantitative estimate of drug-likeness (QED) is 0.665. The van der Waals surface area contributed by atoms with Crippen molar-refractivity contribution < 1.29 is 0 Å². The van der Waals surface area contributed by atoms with Crippen molar-refractivity contribution in [1.82, 2.24) is 10.2 Å². The highest BCUT2D eigenvalue weighted by molar-refractivity contribution is 4.85. The zero-order valence-electron chi connectivity index (χ0n) is 10.9. The molecule has 0 amide bonds. The number of rotatable bonds is 8. The van der Waals surface area contributed by atoms with Crippen LogP contribution in [0.2, 0.25) is 0 Å². The molecule has 15 heavy (non-hydrogen) atoms. The lowest BCUT2D eigenvalue weighted by Crippen LogP contribution is -2.43. The van der Waals surface area contributed by atoms with Crippen molar-refractivity contribution in [3.8, 4) is 0 Å². The highest BCUT2D eigenvalue weighted by Crippen LogP contribution is 2.34. The van der Waals surface area contributed by atoms with Crippen LogP contribution < -0.4 is 5.32 Å². The highest BCUT2D eigenvalue weighted by atomic mass is 15.2. The first-order valence-corrected chi connectivity index (χ1v) is 6.62. The van der Waals surface area contributed by atoms with E-state index in [0.29, 0.717) is 6.04 Å². The van der Waals surface area contributed by atoms with Gasteiger partial charge in [0.25, 0.3) is 0 Å². The molecular weight excluding hydrogens is 184 g/mol. The number of likely N-dealkylation sites (N-methyl/N-ethyl adjacent to an activating group) is 1. The summed E-state index contributed by atoms with van der Waals surface area (Å²) in [7, 11) is 2.28. The van der Waals surface area contributed by atoms with Crippen molar-refractivity contribution >= 4 is 0 Å². The molecule has 90 valence electrons.